The summed E-state index contributed by atoms with van der Waals surface area (Å²) in [6.45, 7) is 8.97. The molecule has 2 unspecified atom stereocenters. The molecule has 0 spiro atoms. The second-order valence-corrected chi connectivity index (χ2v) is 4.98. The Hall–Kier alpha value is -0.0800. The van der Waals surface area contributed by atoms with Crippen LogP contribution in [0.15, 0.2) is 0 Å². The zero-order valence-electron chi connectivity index (χ0n) is 9.39. The lowest BCUT2D eigenvalue weighted by Crippen LogP contribution is -2.29. The van der Waals surface area contributed by atoms with E-state index in [0.29, 0.717) is 11.5 Å². The van der Waals surface area contributed by atoms with Crippen molar-refractivity contribution in [2.24, 2.45) is 11.3 Å². The van der Waals surface area contributed by atoms with Crippen LogP contribution >= 0.6 is 0 Å². The first-order valence-electron chi connectivity index (χ1n) is 5.28. The lowest BCUT2D eigenvalue weighted by atomic mass is 10.1. The van der Waals surface area contributed by atoms with Crippen LogP contribution in [0.4, 0.5) is 0 Å². The topological polar surface area (TPSA) is 21.3 Å². The van der Waals surface area contributed by atoms with Gasteiger partial charge in [-0.1, -0.05) is 13.8 Å². The molecule has 2 atom stereocenters. The van der Waals surface area contributed by atoms with Gasteiger partial charge in [-0.3, -0.25) is 0 Å². The Morgan fingerprint density at radius 1 is 1.54 bits per heavy atom. The molecule has 1 aliphatic carbocycles. The molecule has 13 heavy (non-hydrogen) atoms. The average molecular weight is 185 g/mol. The standard InChI is InChI=1S/C11H23NO/c1-9(5-6-13-4)12-8-10-7-11(10,2)3/h9-10,12H,5-8H2,1-4H3. The van der Waals surface area contributed by atoms with Crippen LogP contribution in [0.2, 0.25) is 0 Å². The molecule has 1 fully saturated rings. The molecule has 78 valence electrons. The molecular weight excluding hydrogens is 162 g/mol. The molecule has 0 heterocycles. The van der Waals surface area contributed by atoms with Gasteiger partial charge < -0.3 is 10.1 Å². The Morgan fingerprint density at radius 3 is 2.62 bits per heavy atom. The molecule has 0 saturated heterocycles. The van der Waals surface area contributed by atoms with E-state index in [-0.39, 0.29) is 0 Å². The van der Waals surface area contributed by atoms with Crippen molar-refractivity contribution in [1.29, 1.82) is 0 Å². The van der Waals surface area contributed by atoms with Crippen molar-refractivity contribution in [1.82, 2.24) is 5.32 Å². The summed E-state index contributed by atoms with van der Waals surface area (Å²) in [7, 11) is 1.76. The maximum absolute atomic E-state index is 5.04. The van der Waals surface area contributed by atoms with Gasteiger partial charge in [-0.2, -0.15) is 0 Å². The fraction of sp³-hybridized carbons (Fsp3) is 1.00. The molecular formula is C11H23NO. The van der Waals surface area contributed by atoms with Crippen LogP contribution in [0.3, 0.4) is 0 Å². The highest BCUT2D eigenvalue weighted by Gasteiger charge is 2.44. The second-order valence-electron chi connectivity index (χ2n) is 4.98. The molecule has 0 aromatic carbocycles. The van der Waals surface area contributed by atoms with E-state index in [2.05, 4.69) is 26.1 Å². The molecule has 0 aliphatic heterocycles. The minimum absolute atomic E-state index is 0.594. The maximum atomic E-state index is 5.04. The predicted molar refractivity (Wildman–Crippen MR) is 55.8 cm³/mol. The molecule has 1 N–H and O–H groups in total. The third-order valence-corrected chi connectivity index (χ3v) is 3.19. The van der Waals surface area contributed by atoms with E-state index >= 15 is 0 Å². The molecule has 1 saturated carbocycles. The van der Waals surface area contributed by atoms with Crippen molar-refractivity contribution < 1.29 is 4.74 Å². The molecule has 1 rings (SSSR count). The van der Waals surface area contributed by atoms with E-state index in [1.807, 2.05) is 0 Å². The summed E-state index contributed by atoms with van der Waals surface area (Å²) in [6, 6.07) is 0.594. The van der Waals surface area contributed by atoms with Crippen molar-refractivity contribution in [3.8, 4) is 0 Å². The zero-order valence-corrected chi connectivity index (χ0v) is 9.39. The van der Waals surface area contributed by atoms with Crippen LogP contribution in [-0.2, 0) is 4.74 Å². The van der Waals surface area contributed by atoms with Crippen molar-refractivity contribution in [3.05, 3.63) is 0 Å². The van der Waals surface area contributed by atoms with Crippen LogP contribution in [0.1, 0.15) is 33.6 Å². The van der Waals surface area contributed by atoms with Crippen LogP contribution in [0.25, 0.3) is 0 Å². The van der Waals surface area contributed by atoms with Gasteiger partial charge in [0.15, 0.2) is 0 Å². The minimum atomic E-state index is 0.594. The van der Waals surface area contributed by atoms with Gasteiger partial charge in [0.2, 0.25) is 0 Å². The smallest absolute Gasteiger partial charge is 0.0476 e. The third kappa shape index (κ3) is 3.65. The lowest BCUT2D eigenvalue weighted by molar-refractivity contribution is 0.184. The highest BCUT2D eigenvalue weighted by atomic mass is 16.5. The predicted octanol–water partition coefficient (Wildman–Crippen LogP) is 2.05. The SMILES string of the molecule is COCCC(C)NCC1CC1(C)C. The normalized spacial score (nSPS) is 27.2. The van der Waals surface area contributed by atoms with E-state index in [9.17, 15) is 0 Å². The second kappa shape index (κ2) is 4.43. The van der Waals surface area contributed by atoms with Gasteiger partial charge in [-0.15, -0.1) is 0 Å². The van der Waals surface area contributed by atoms with Crippen LogP contribution < -0.4 is 5.32 Å². The number of ether oxygens (including phenoxy) is 1. The highest BCUT2D eigenvalue weighted by Crippen LogP contribution is 2.50. The molecule has 0 bridgehead atoms. The number of nitrogens with one attached hydrogen (secondary N) is 1. The van der Waals surface area contributed by atoms with Gasteiger partial charge in [0.05, 0.1) is 0 Å². The summed E-state index contributed by atoms with van der Waals surface area (Å²) in [5, 5.41) is 3.55. The fourth-order valence-electron chi connectivity index (χ4n) is 1.66. The third-order valence-electron chi connectivity index (χ3n) is 3.19. The van der Waals surface area contributed by atoms with Gasteiger partial charge in [0, 0.05) is 19.8 Å². The number of hydrogen-bond acceptors (Lipinski definition) is 2. The number of hydrogen-bond donors (Lipinski definition) is 1. The molecule has 0 amide bonds. The van der Waals surface area contributed by atoms with E-state index < -0.39 is 0 Å². The maximum Gasteiger partial charge on any atom is 0.0476 e. The van der Waals surface area contributed by atoms with E-state index in [1.165, 1.54) is 13.0 Å². The molecule has 2 heteroatoms. The van der Waals surface area contributed by atoms with Crippen LogP contribution in [0.5, 0.6) is 0 Å². The first kappa shape index (κ1) is 11.0. The fourth-order valence-corrected chi connectivity index (χ4v) is 1.66. The van der Waals surface area contributed by atoms with Crippen molar-refractivity contribution in [3.63, 3.8) is 0 Å². The minimum Gasteiger partial charge on any atom is -0.385 e. The van der Waals surface area contributed by atoms with Crippen molar-refractivity contribution in [2.75, 3.05) is 20.3 Å². The van der Waals surface area contributed by atoms with Gasteiger partial charge in [-0.25, -0.2) is 0 Å². The molecule has 1 aliphatic rings. The molecule has 0 radical (unpaired) electrons. The molecule has 2 nitrogen and oxygen atoms in total. The Balaban J connectivity index is 2.00. The van der Waals surface area contributed by atoms with Gasteiger partial charge in [0.1, 0.15) is 0 Å². The van der Waals surface area contributed by atoms with Gasteiger partial charge in [-0.05, 0) is 37.6 Å². The van der Waals surface area contributed by atoms with E-state index in [0.717, 1.165) is 18.9 Å². The summed E-state index contributed by atoms with van der Waals surface area (Å²) in [5.74, 6) is 0.900. The van der Waals surface area contributed by atoms with Crippen molar-refractivity contribution in [2.45, 2.75) is 39.7 Å². The summed E-state index contributed by atoms with van der Waals surface area (Å²) >= 11 is 0. The Morgan fingerprint density at radius 2 is 2.15 bits per heavy atom. The quantitative estimate of drug-likeness (QED) is 0.684. The largest absolute Gasteiger partial charge is 0.385 e. The zero-order chi connectivity index (χ0) is 9.90. The van der Waals surface area contributed by atoms with Gasteiger partial charge >= 0.3 is 0 Å². The first-order valence-corrected chi connectivity index (χ1v) is 5.28. The van der Waals surface area contributed by atoms with Crippen molar-refractivity contribution >= 4 is 0 Å². The monoisotopic (exact) mass is 185 g/mol. The Kier molecular flexibility index (Phi) is 3.74. The molecule has 0 aromatic rings. The van der Waals surface area contributed by atoms with Crippen LogP contribution in [-0.4, -0.2) is 26.3 Å². The Bertz CT molecular complexity index is 156. The highest BCUT2D eigenvalue weighted by molar-refractivity contribution is 4.96. The van der Waals surface area contributed by atoms with Crippen LogP contribution in [0, 0.1) is 11.3 Å². The first-order chi connectivity index (χ1) is 6.06. The average Bonchev–Trinajstić information content (AvgIpc) is 2.67. The molecule has 0 aromatic heterocycles. The van der Waals surface area contributed by atoms with E-state index in [1.54, 1.807) is 7.11 Å². The Labute approximate surface area is 82.0 Å². The van der Waals surface area contributed by atoms with Gasteiger partial charge in [0.25, 0.3) is 0 Å². The summed E-state index contributed by atoms with van der Waals surface area (Å²) in [6.07, 6.45) is 2.50. The summed E-state index contributed by atoms with van der Waals surface area (Å²) < 4.78 is 5.04. The summed E-state index contributed by atoms with van der Waals surface area (Å²) in [4.78, 5) is 0. The lowest BCUT2D eigenvalue weighted by Gasteiger charge is -2.13. The number of methoxy groups -OCH3 is 1. The number of rotatable bonds is 6. The summed E-state index contributed by atoms with van der Waals surface area (Å²) in [5.41, 5.74) is 0.605. The van der Waals surface area contributed by atoms with E-state index in [4.69, 9.17) is 4.74 Å².